The van der Waals surface area contributed by atoms with Gasteiger partial charge in [-0.05, 0) is 74.5 Å². The highest BCUT2D eigenvalue weighted by Gasteiger charge is 2.42. The number of amides is 3. The third-order valence-corrected chi connectivity index (χ3v) is 6.67. The molecule has 1 N–H and O–H groups in total. The first kappa shape index (κ1) is 18.3. The second-order valence-corrected chi connectivity index (χ2v) is 8.95. The summed E-state index contributed by atoms with van der Waals surface area (Å²) >= 11 is 0. The van der Waals surface area contributed by atoms with E-state index in [0.29, 0.717) is 12.3 Å². The van der Waals surface area contributed by atoms with Crippen LogP contribution in [-0.4, -0.2) is 47.9 Å². The quantitative estimate of drug-likeness (QED) is 0.877. The van der Waals surface area contributed by atoms with E-state index in [0.717, 1.165) is 68.2 Å². The van der Waals surface area contributed by atoms with E-state index >= 15 is 0 Å². The molecule has 3 amide bonds. The normalized spacial score (nSPS) is 22.2. The van der Waals surface area contributed by atoms with Crippen LogP contribution in [0.15, 0.2) is 18.2 Å². The number of carbonyl (C=O) groups excluding carboxylic acids is 2. The molecule has 0 radical (unpaired) electrons. The van der Waals surface area contributed by atoms with Gasteiger partial charge in [0.05, 0.1) is 0 Å². The predicted octanol–water partition coefficient (Wildman–Crippen LogP) is 3.95. The summed E-state index contributed by atoms with van der Waals surface area (Å²) in [6.07, 6.45) is 6.23. The molecule has 0 bridgehead atoms. The maximum absolute atomic E-state index is 12.7. The zero-order chi connectivity index (χ0) is 19.0. The van der Waals surface area contributed by atoms with Crippen LogP contribution in [0.4, 0.5) is 10.5 Å². The molecule has 4 rings (SSSR count). The minimum Gasteiger partial charge on any atom is -0.342 e. The molecule has 1 aliphatic carbocycles. The van der Waals surface area contributed by atoms with Gasteiger partial charge in [0, 0.05) is 38.3 Å². The average Bonchev–Trinajstić information content (AvgIpc) is 3.46. The van der Waals surface area contributed by atoms with Crippen molar-refractivity contribution in [3.8, 4) is 0 Å². The number of nitrogens with zero attached hydrogens (tertiary/aromatic N) is 2. The Hall–Kier alpha value is -2.04. The molecule has 3 fully saturated rings. The standard InChI is InChI=1S/C22H31N3O2/c1-16-3-4-17(2)19(13-16)23-21(27)24-11-9-22(10-12-24)8-7-20(26)25(15-22)14-18-5-6-18/h3-4,13,18H,5-12,14-15H2,1-2H3,(H,23,27). The molecular formula is C22H31N3O2. The molecular weight excluding hydrogens is 338 g/mol. The van der Waals surface area contributed by atoms with Gasteiger partial charge in [-0.3, -0.25) is 4.79 Å². The summed E-state index contributed by atoms with van der Waals surface area (Å²) < 4.78 is 0. The van der Waals surface area contributed by atoms with Gasteiger partial charge in [-0.25, -0.2) is 4.79 Å². The number of urea groups is 1. The van der Waals surface area contributed by atoms with Crippen molar-refractivity contribution in [2.75, 3.05) is 31.5 Å². The van der Waals surface area contributed by atoms with Crippen LogP contribution in [0.5, 0.6) is 0 Å². The van der Waals surface area contributed by atoms with Crippen LogP contribution in [0.25, 0.3) is 0 Å². The Labute approximate surface area is 162 Å². The zero-order valence-corrected chi connectivity index (χ0v) is 16.6. The third-order valence-electron chi connectivity index (χ3n) is 6.67. The average molecular weight is 370 g/mol. The summed E-state index contributed by atoms with van der Waals surface area (Å²) in [4.78, 5) is 29.0. The van der Waals surface area contributed by atoms with Gasteiger partial charge in [0.15, 0.2) is 0 Å². The van der Waals surface area contributed by atoms with Crippen molar-refractivity contribution >= 4 is 17.6 Å². The molecule has 1 aromatic rings. The number of nitrogens with one attached hydrogen (secondary N) is 1. The van der Waals surface area contributed by atoms with E-state index in [1.807, 2.05) is 30.9 Å². The number of benzene rings is 1. The lowest BCUT2D eigenvalue weighted by Gasteiger charge is -2.47. The summed E-state index contributed by atoms with van der Waals surface area (Å²) in [5.74, 6) is 1.08. The zero-order valence-electron chi connectivity index (χ0n) is 16.6. The van der Waals surface area contributed by atoms with Gasteiger partial charge in [0.2, 0.25) is 5.91 Å². The molecule has 0 atom stereocenters. The minimum absolute atomic E-state index is 0.000252. The van der Waals surface area contributed by atoms with Crippen LogP contribution >= 0.6 is 0 Å². The second kappa shape index (κ2) is 7.17. The second-order valence-electron chi connectivity index (χ2n) is 8.95. The molecule has 5 nitrogen and oxygen atoms in total. The van der Waals surface area contributed by atoms with Crippen LogP contribution in [0.1, 0.15) is 49.7 Å². The maximum atomic E-state index is 12.7. The molecule has 146 valence electrons. The summed E-state index contributed by atoms with van der Waals surface area (Å²) in [5.41, 5.74) is 3.36. The van der Waals surface area contributed by atoms with Gasteiger partial charge in [0.1, 0.15) is 0 Å². The van der Waals surface area contributed by atoms with Gasteiger partial charge >= 0.3 is 6.03 Å². The Morgan fingerprint density at radius 2 is 1.93 bits per heavy atom. The molecule has 3 aliphatic rings. The Morgan fingerprint density at radius 1 is 1.19 bits per heavy atom. The Morgan fingerprint density at radius 3 is 2.63 bits per heavy atom. The van der Waals surface area contributed by atoms with Gasteiger partial charge in [-0.15, -0.1) is 0 Å². The number of anilines is 1. The lowest BCUT2D eigenvalue weighted by atomic mass is 9.72. The molecule has 2 heterocycles. The Bertz CT molecular complexity index is 733. The van der Waals surface area contributed by atoms with Crippen molar-refractivity contribution in [2.24, 2.45) is 11.3 Å². The molecule has 0 aromatic heterocycles. The third kappa shape index (κ3) is 4.12. The molecule has 1 spiro atoms. The number of rotatable bonds is 3. The maximum Gasteiger partial charge on any atom is 0.321 e. The number of hydrogen-bond acceptors (Lipinski definition) is 2. The number of aryl methyl sites for hydroxylation is 2. The first-order valence-electron chi connectivity index (χ1n) is 10.4. The smallest absolute Gasteiger partial charge is 0.321 e. The van der Waals surface area contributed by atoms with Gasteiger partial charge < -0.3 is 15.1 Å². The number of carbonyl (C=O) groups is 2. The highest BCUT2D eigenvalue weighted by molar-refractivity contribution is 5.90. The van der Waals surface area contributed by atoms with Gasteiger partial charge in [-0.1, -0.05) is 12.1 Å². The van der Waals surface area contributed by atoms with Crippen molar-refractivity contribution in [3.05, 3.63) is 29.3 Å². The summed E-state index contributed by atoms with van der Waals surface area (Å²) in [6.45, 7) is 7.47. The van der Waals surface area contributed by atoms with Crippen molar-refractivity contribution in [2.45, 2.75) is 52.4 Å². The van der Waals surface area contributed by atoms with Crippen LogP contribution in [0, 0.1) is 25.2 Å². The van der Waals surface area contributed by atoms with Crippen molar-refractivity contribution in [3.63, 3.8) is 0 Å². The Balaban J connectivity index is 1.34. The van der Waals surface area contributed by atoms with Crippen molar-refractivity contribution < 1.29 is 9.59 Å². The monoisotopic (exact) mass is 369 g/mol. The summed E-state index contributed by atoms with van der Waals surface area (Å²) in [7, 11) is 0. The van der Waals surface area contributed by atoms with Gasteiger partial charge in [-0.2, -0.15) is 0 Å². The number of piperidine rings is 2. The molecule has 5 heteroatoms. The van der Waals surface area contributed by atoms with Crippen LogP contribution in [0.3, 0.4) is 0 Å². The van der Waals surface area contributed by atoms with Gasteiger partial charge in [0.25, 0.3) is 0 Å². The van der Waals surface area contributed by atoms with E-state index in [-0.39, 0.29) is 11.4 Å². The SMILES string of the molecule is Cc1ccc(C)c(NC(=O)N2CCC3(CCC(=O)N(CC4CC4)C3)CC2)c1. The lowest BCUT2D eigenvalue weighted by molar-refractivity contribution is -0.139. The van der Waals surface area contributed by atoms with Crippen LogP contribution < -0.4 is 5.32 Å². The summed E-state index contributed by atoms with van der Waals surface area (Å²) in [6, 6.07) is 6.14. The number of likely N-dealkylation sites (tertiary alicyclic amines) is 2. The number of hydrogen-bond donors (Lipinski definition) is 1. The minimum atomic E-state index is 0.000252. The van der Waals surface area contributed by atoms with E-state index in [2.05, 4.69) is 16.3 Å². The molecule has 1 saturated carbocycles. The molecule has 2 saturated heterocycles. The first-order chi connectivity index (χ1) is 12.9. The van der Waals surface area contributed by atoms with Crippen LogP contribution in [-0.2, 0) is 4.79 Å². The van der Waals surface area contributed by atoms with Crippen molar-refractivity contribution in [1.29, 1.82) is 0 Å². The largest absolute Gasteiger partial charge is 0.342 e. The Kier molecular flexibility index (Phi) is 4.87. The van der Waals surface area contributed by atoms with Crippen molar-refractivity contribution in [1.82, 2.24) is 9.80 Å². The highest BCUT2D eigenvalue weighted by atomic mass is 16.2. The van der Waals surface area contributed by atoms with E-state index in [1.54, 1.807) is 0 Å². The van der Waals surface area contributed by atoms with E-state index < -0.39 is 0 Å². The molecule has 0 unspecified atom stereocenters. The first-order valence-corrected chi connectivity index (χ1v) is 10.4. The van der Waals surface area contributed by atoms with Crippen LogP contribution in [0.2, 0.25) is 0 Å². The molecule has 27 heavy (non-hydrogen) atoms. The fourth-order valence-corrected chi connectivity index (χ4v) is 4.54. The fraction of sp³-hybridized carbons (Fsp3) is 0.636. The fourth-order valence-electron chi connectivity index (χ4n) is 4.54. The van der Waals surface area contributed by atoms with E-state index in [9.17, 15) is 9.59 Å². The highest BCUT2D eigenvalue weighted by Crippen LogP contribution is 2.41. The predicted molar refractivity (Wildman–Crippen MR) is 107 cm³/mol. The molecule has 2 aliphatic heterocycles. The lowest BCUT2D eigenvalue weighted by Crippen LogP contribution is -2.53. The topological polar surface area (TPSA) is 52.7 Å². The summed E-state index contributed by atoms with van der Waals surface area (Å²) in [5, 5.41) is 3.08. The molecule has 1 aromatic carbocycles. The van der Waals surface area contributed by atoms with E-state index in [1.165, 1.54) is 12.8 Å². The van der Waals surface area contributed by atoms with E-state index in [4.69, 9.17) is 0 Å².